The molecule has 9 rings (SSSR count). The Morgan fingerprint density at radius 1 is 0.538 bits per heavy atom. The third-order valence-corrected chi connectivity index (χ3v) is 12.7. The van der Waals surface area contributed by atoms with E-state index in [9.17, 15) is 0 Å². The van der Waals surface area contributed by atoms with Gasteiger partial charge in [-0.3, -0.25) is 0 Å². The van der Waals surface area contributed by atoms with Gasteiger partial charge in [-0.15, -0.1) is 48.1 Å². The molecule has 1 aliphatic heterocycles. The van der Waals surface area contributed by atoms with Crippen molar-refractivity contribution in [2.45, 2.75) is 92.4 Å². The topological polar surface area (TPSA) is 33.5 Å². The number of allylic oxidation sites excluding steroid dienone is 1. The minimum Gasteiger partial charge on any atom is -0.509 e. The van der Waals surface area contributed by atoms with E-state index in [4.69, 9.17) is 9.72 Å². The molecule has 0 N–H and O–H groups in total. The number of hydrogen-bond acceptors (Lipinski definition) is 4. The summed E-state index contributed by atoms with van der Waals surface area (Å²) < 4.78 is 8.92. The van der Waals surface area contributed by atoms with Crippen LogP contribution in [0.25, 0.3) is 38.8 Å². The predicted octanol–water partition coefficient (Wildman–Crippen LogP) is 15.5. The van der Waals surface area contributed by atoms with Gasteiger partial charge in [0, 0.05) is 66.5 Å². The van der Waals surface area contributed by atoms with Gasteiger partial charge in [0.15, 0.2) is 0 Å². The van der Waals surface area contributed by atoms with Crippen molar-refractivity contribution in [2.75, 3.05) is 9.80 Å². The number of ether oxygens (including phenoxy) is 1. The average molecular weight is 1040 g/mol. The summed E-state index contributed by atoms with van der Waals surface area (Å²) in [6.45, 7) is 27.3. The summed E-state index contributed by atoms with van der Waals surface area (Å²) in [7, 11) is 0. The summed E-state index contributed by atoms with van der Waals surface area (Å²) >= 11 is 0. The first-order valence-electron chi connectivity index (χ1n) is 22.4. The fourth-order valence-corrected chi connectivity index (χ4v) is 8.67. The molecule has 334 valence electrons. The maximum absolute atomic E-state index is 6.69. The number of hydrogen-bond donors (Lipinski definition) is 0. The Bertz CT molecular complexity index is 3000. The van der Waals surface area contributed by atoms with Crippen molar-refractivity contribution in [3.05, 3.63) is 199 Å². The molecule has 0 fully saturated rings. The number of anilines is 2. The van der Waals surface area contributed by atoms with Crippen molar-refractivity contribution in [2.24, 2.45) is 5.41 Å². The summed E-state index contributed by atoms with van der Waals surface area (Å²) in [6.07, 6.45) is 4.16. The molecule has 0 amide bonds. The largest absolute Gasteiger partial charge is 0.509 e. The second kappa shape index (κ2) is 17.1. The summed E-state index contributed by atoms with van der Waals surface area (Å²) in [6, 6.07) is 56.9. The molecule has 0 spiro atoms. The standard InChI is InChI=1S/C59H59N4O.Pt/c1-56(2,3)44-32-45(57(4,5)6)34-47(33-44)62-39-61(38-54(62)58(7,8)9)46-23-18-24-48(36-46)64-49-26-27-50-51-31-41(40-19-14-12-15-20-40)25-28-52(51)63(53(50)37-49)55-35-43(29-30-60-55)59(10,11)42-21-16-13-17-22-42;/h12-35,38-39H,1-11H3;/q-3;. The Hall–Kier alpha value is -5.90. The quantitative estimate of drug-likeness (QED) is 0.142. The van der Waals surface area contributed by atoms with Gasteiger partial charge in [-0.2, -0.15) is 12.1 Å². The molecule has 6 heteroatoms. The Kier molecular flexibility index (Phi) is 12.0. The van der Waals surface area contributed by atoms with Gasteiger partial charge in [-0.25, -0.2) is 4.98 Å². The summed E-state index contributed by atoms with van der Waals surface area (Å²) in [5.74, 6) is 2.03. The van der Waals surface area contributed by atoms with Crippen LogP contribution in [0.3, 0.4) is 0 Å². The number of fused-ring (bicyclic) bond motifs is 3. The molecule has 0 unspecified atom stereocenters. The van der Waals surface area contributed by atoms with Crippen LogP contribution in [0.2, 0.25) is 0 Å². The Morgan fingerprint density at radius 2 is 1.20 bits per heavy atom. The monoisotopic (exact) mass is 1030 g/mol. The molecule has 1 aliphatic rings. The molecule has 0 saturated heterocycles. The van der Waals surface area contributed by atoms with Crippen molar-refractivity contribution in [3.8, 4) is 28.4 Å². The zero-order valence-corrected chi connectivity index (χ0v) is 41.8. The van der Waals surface area contributed by atoms with Crippen LogP contribution in [0.15, 0.2) is 158 Å². The molecular weight excluding hydrogens is 976 g/mol. The predicted molar refractivity (Wildman–Crippen MR) is 267 cm³/mol. The number of aromatic nitrogens is 2. The van der Waals surface area contributed by atoms with E-state index in [1.807, 2.05) is 24.4 Å². The number of nitrogens with zero attached hydrogens (tertiary/aromatic N) is 4. The van der Waals surface area contributed by atoms with Crippen molar-refractivity contribution in [3.63, 3.8) is 0 Å². The zero-order valence-electron chi connectivity index (χ0n) is 39.5. The molecule has 8 aromatic rings. The van der Waals surface area contributed by atoms with Crippen molar-refractivity contribution in [1.82, 2.24) is 9.55 Å². The minimum absolute atomic E-state index is 0. The van der Waals surface area contributed by atoms with Gasteiger partial charge in [0.1, 0.15) is 5.82 Å². The first-order chi connectivity index (χ1) is 30.3. The van der Waals surface area contributed by atoms with Crippen LogP contribution in [0, 0.1) is 24.2 Å². The fraction of sp³-hybridized carbons (Fsp3) is 0.254. The molecule has 5 nitrogen and oxygen atoms in total. The Morgan fingerprint density at radius 3 is 1.86 bits per heavy atom. The van der Waals surface area contributed by atoms with Gasteiger partial charge in [0.05, 0.1) is 0 Å². The van der Waals surface area contributed by atoms with Gasteiger partial charge in [-0.05, 0) is 86.1 Å². The SMILES string of the molecule is CC(C)(C)C1=CN(c2[c-]c(Oc3[c-]c4c(cc3)c3cc(-c5ccccc5)ccc3n4-c3cc(C(C)(C)c4ccccc4)ccn3)ccc2)[CH-]N1c1cc(C(C)(C)C)cc(C(C)(C)C)c1.[Pt]. The summed E-state index contributed by atoms with van der Waals surface area (Å²) in [5, 5.41) is 2.20. The van der Waals surface area contributed by atoms with Gasteiger partial charge in [0.25, 0.3) is 0 Å². The van der Waals surface area contributed by atoms with E-state index >= 15 is 0 Å². The Labute approximate surface area is 401 Å². The summed E-state index contributed by atoms with van der Waals surface area (Å²) in [4.78, 5) is 9.51. The molecule has 0 saturated carbocycles. The molecular formula is C59H59N4OPt-3. The van der Waals surface area contributed by atoms with Gasteiger partial charge in [-0.1, -0.05) is 161 Å². The normalized spacial score (nSPS) is 13.6. The van der Waals surface area contributed by atoms with Crippen LogP contribution in [-0.4, -0.2) is 9.55 Å². The van der Waals surface area contributed by atoms with Crippen LogP contribution in [0.5, 0.6) is 11.5 Å². The number of benzene rings is 6. The van der Waals surface area contributed by atoms with Crippen LogP contribution in [-0.2, 0) is 37.3 Å². The number of pyridine rings is 1. The third-order valence-electron chi connectivity index (χ3n) is 12.7. The fourth-order valence-electron chi connectivity index (χ4n) is 8.67. The second-order valence-electron chi connectivity index (χ2n) is 20.8. The molecule has 0 bridgehead atoms. The molecule has 3 heterocycles. The van der Waals surface area contributed by atoms with E-state index < -0.39 is 0 Å². The smallest absolute Gasteiger partial charge is 0.135 e. The van der Waals surface area contributed by atoms with Crippen LogP contribution >= 0.6 is 0 Å². The third kappa shape index (κ3) is 9.05. The van der Waals surface area contributed by atoms with E-state index in [-0.39, 0.29) is 42.7 Å². The maximum Gasteiger partial charge on any atom is 0.135 e. The molecule has 0 atom stereocenters. The number of rotatable bonds is 8. The first kappa shape index (κ1) is 45.7. The van der Waals surface area contributed by atoms with Crippen LogP contribution in [0.1, 0.15) is 98.4 Å². The molecule has 0 aliphatic carbocycles. The van der Waals surface area contributed by atoms with E-state index in [0.29, 0.717) is 11.5 Å². The van der Waals surface area contributed by atoms with E-state index in [1.54, 1.807) is 0 Å². The zero-order chi connectivity index (χ0) is 45.2. The van der Waals surface area contributed by atoms with Gasteiger partial charge < -0.3 is 19.1 Å². The molecule has 2 aromatic heterocycles. The molecule has 65 heavy (non-hydrogen) atoms. The molecule has 6 aromatic carbocycles. The van der Waals surface area contributed by atoms with Gasteiger partial charge in [0.2, 0.25) is 0 Å². The van der Waals surface area contributed by atoms with Crippen molar-refractivity contribution >= 4 is 33.2 Å². The summed E-state index contributed by atoms with van der Waals surface area (Å²) in [5.41, 5.74) is 12.2. The first-order valence-corrected chi connectivity index (χ1v) is 22.4. The van der Waals surface area contributed by atoms with Crippen molar-refractivity contribution in [1.29, 1.82) is 0 Å². The van der Waals surface area contributed by atoms with E-state index in [1.165, 1.54) is 33.5 Å². The maximum atomic E-state index is 6.69. The van der Waals surface area contributed by atoms with Crippen LogP contribution in [0.4, 0.5) is 11.4 Å². The Balaban J connectivity index is 0.00000576. The molecule has 0 radical (unpaired) electrons. The average Bonchev–Trinajstić information content (AvgIpc) is 3.87. The van der Waals surface area contributed by atoms with E-state index in [0.717, 1.165) is 44.6 Å². The van der Waals surface area contributed by atoms with Crippen LogP contribution < -0.4 is 14.5 Å². The minimum atomic E-state index is -0.241. The second-order valence-corrected chi connectivity index (χ2v) is 20.8. The van der Waals surface area contributed by atoms with E-state index in [2.05, 4.69) is 237 Å². The van der Waals surface area contributed by atoms with Gasteiger partial charge >= 0.3 is 0 Å². The van der Waals surface area contributed by atoms with Crippen molar-refractivity contribution < 1.29 is 25.8 Å².